The topological polar surface area (TPSA) is 153 Å². The van der Waals surface area contributed by atoms with Gasteiger partial charge in [0.05, 0.1) is 15.7 Å². The maximum atomic E-state index is 14.4. The van der Waals surface area contributed by atoms with E-state index in [1.165, 1.54) is 13.0 Å². The smallest absolute Gasteiger partial charge is 0.344 e. The van der Waals surface area contributed by atoms with Crippen molar-refractivity contribution < 1.29 is 48.0 Å². The van der Waals surface area contributed by atoms with E-state index in [2.05, 4.69) is 10.9 Å². The number of carbonyl (C=O) groups excluding carboxylic acids is 2. The predicted molar refractivity (Wildman–Crippen MR) is 202 cm³/mol. The Morgan fingerprint density at radius 3 is 2.17 bits per heavy atom. The maximum absolute atomic E-state index is 14.4. The maximum Gasteiger partial charge on any atom is 0.344 e. The summed E-state index contributed by atoms with van der Waals surface area (Å²) in [5.74, 6) is -0.244. The van der Waals surface area contributed by atoms with Crippen molar-refractivity contribution in [3.63, 3.8) is 0 Å². The average molecular weight is 800 g/mol. The van der Waals surface area contributed by atoms with E-state index in [9.17, 15) is 23.6 Å². The molecule has 2 aliphatic rings. The number of aryl methyl sites for hydroxylation is 1. The number of carboxylic acids is 2. The molecule has 2 atom stereocenters. The highest BCUT2D eigenvalue weighted by molar-refractivity contribution is 6.36. The highest BCUT2D eigenvalue weighted by Crippen LogP contribution is 2.40. The van der Waals surface area contributed by atoms with Gasteiger partial charge in [-0.2, -0.15) is 0 Å². The van der Waals surface area contributed by atoms with Crippen LogP contribution in [-0.2, 0) is 19.2 Å². The molecule has 11 nitrogen and oxygen atoms in total. The van der Waals surface area contributed by atoms with Crippen LogP contribution in [0.25, 0.3) is 10.9 Å². The van der Waals surface area contributed by atoms with Gasteiger partial charge in [0.25, 0.3) is 11.8 Å². The lowest BCUT2D eigenvalue weighted by Crippen LogP contribution is -2.32. The molecule has 1 aromatic heterocycles. The monoisotopic (exact) mass is 798 g/mol. The summed E-state index contributed by atoms with van der Waals surface area (Å²) in [6, 6.07) is 14.2. The first-order valence-corrected chi connectivity index (χ1v) is 17.5. The number of carboxylic acid groups (broad SMARTS) is 2. The Balaban J connectivity index is 0.000000190. The fraction of sp³-hybridized carbons (Fsp3) is 0.256. The highest BCUT2D eigenvalue weighted by atomic mass is 35.5. The molecule has 2 amide bonds. The second kappa shape index (κ2) is 18.6. The van der Waals surface area contributed by atoms with Crippen molar-refractivity contribution in [2.75, 3.05) is 11.5 Å². The molecule has 0 saturated carbocycles. The van der Waals surface area contributed by atoms with Gasteiger partial charge in [-0.05, 0) is 101 Å². The summed E-state index contributed by atoms with van der Waals surface area (Å²) >= 11 is 17.7. The van der Waals surface area contributed by atoms with Gasteiger partial charge in [0.1, 0.15) is 28.6 Å². The fourth-order valence-corrected chi connectivity index (χ4v) is 5.95. The third-order valence-corrected chi connectivity index (χ3v) is 8.85. The lowest BCUT2D eigenvalue weighted by molar-refractivity contribution is -0.144. The van der Waals surface area contributed by atoms with Gasteiger partial charge in [0.15, 0.2) is 18.8 Å². The van der Waals surface area contributed by atoms with Gasteiger partial charge in [0.2, 0.25) is 0 Å². The Hall–Kier alpha value is -5.35. The Labute approximate surface area is 325 Å². The normalized spacial score (nSPS) is 14.4. The van der Waals surface area contributed by atoms with Gasteiger partial charge >= 0.3 is 11.9 Å². The number of nitrogens with zero attached hydrogens (tertiary/aromatic N) is 2. The third kappa shape index (κ3) is 10.2. The van der Waals surface area contributed by atoms with Crippen molar-refractivity contribution in [1.82, 2.24) is 4.98 Å². The molecule has 0 fully saturated rings. The molecule has 282 valence electrons. The van der Waals surface area contributed by atoms with Crippen LogP contribution in [0.2, 0.25) is 15.1 Å². The van der Waals surface area contributed by atoms with E-state index in [0.717, 1.165) is 34.8 Å². The number of carbonyl (C=O) groups is 4. The Morgan fingerprint density at radius 1 is 0.926 bits per heavy atom. The number of pyridine rings is 1. The molecule has 0 bridgehead atoms. The fourth-order valence-electron chi connectivity index (χ4n) is 5.32. The number of halogens is 4. The molecule has 4 aromatic rings. The summed E-state index contributed by atoms with van der Waals surface area (Å²) in [6.07, 6.45) is 8.22. The predicted octanol–water partition coefficient (Wildman–Crippen LogP) is 8.48. The number of fused-ring (bicyclic) bond motifs is 1. The van der Waals surface area contributed by atoms with Crippen LogP contribution in [0.5, 0.6) is 17.2 Å². The number of benzene rings is 3. The van der Waals surface area contributed by atoms with Gasteiger partial charge in [-0.15, -0.1) is 6.42 Å². The van der Waals surface area contributed by atoms with Crippen molar-refractivity contribution in [3.05, 3.63) is 98.4 Å². The van der Waals surface area contributed by atoms with Crippen molar-refractivity contribution in [3.8, 4) is 29.6 Å². The van der Waals surface area contributed by atoms with Crippen LogP contribution >= 0.6 is 34.8 Å². The zero-order chi connectivity index (χ0) is 39.7. The number of aromatic nitrogens is 1. The first-order valence-electron chi connectivity index (χ1n) is 16.4. The van der Waals surface area contributed by atoms with Crippen LogP contribution in [0.4, 0.5) is 10.1 Å². The molecule has 2 heterocycles. The van der Waals surface area contributed by atoms with Crippen LogP contribution in [0.1, 0.15) is 45.1 Å². The number of anilines is 1. The minimum atomic E-state index is -1.03. The lowest BCUT2D eigenvalue weighted by atomic mass is 9.93. The second-order valence-electron chi connectivity index (χ2n) is 11.9. The lowest BCUT2D eigenvalue weighted by Gasteiger charge is -2.19. The number of ether oxygens (including phenoxy) is 3. The molecule has 1 aliphatic heterocycles. The first kappa shape index (κ1) is 41.4. The molecule has 0 saturated heterocycles. The molecule has 1 aliphatic carbocycles. The van der Waals surface area contributed by atoms with Gasteiger partial charge in [-0.3, -0.25) is 14.6 Å². The minimum absolute atomic E-state index is 0.0233. The summed E-state index contributed by atoms with van der Waals surface area (Å²) < 4.78 is 30.1. The van der Waals surface area contributed by atoms with E-state index < -0.39 is 48.4 Å². The van der Waals surface area contributed by atoms with Gasteiger partial charge in [-0.25, -0.2) is 18.9 Å². The summed E-state index contributed by atoms with van der Waals surface area (Å²) in [6.45, 7) is 4.53. The number of rotatable bonds is 9. The standard InChI is InChI=1S/C18H15ClFNO3.C11H8ClNO3.C10H11ClO3/c1-3-10(2)24-16-9-15(14(20)8-13(16)19)21-17(22)11-6-4-5-7-12(11)18(21)23;12-8-3-4-9(16-6-10(14)15)11-7(8)2-1-5-13-11;1-6-5-8(11)3-4-9(6)14-7(2)10(12)13/h1,8-10H,4-7H2,2H3;1-5H,6H2,(H,14,15);3-5,7H,1-2H3,(H,12,13). The largest absolute Gasteiger partial charge is 0.480 e. The van der Waals surface area contributed by atoms with Crippen LogP contribution in [0.15, 0.2) is 71.9 Å². The Morgan fingerprint density at radius 2 is 1.57 bits per heavy atom. The molecule has 3 aromatic carbocycles. The summed E-state index contributed by atoms with van der Waals surface area (Å²) in [5.41, 5.74) is 2.20. The minimum Gasteiger partial charge on any atom is -0.480 e. The summed E-state index contributed by atoms with van der Waals surface area (Å²) in [7, 11) is 0. The highest BCUT2D eigenvalue weighted by Gasteiger charge is 2.41. The second-order valence-corrected chi connectivity index (χ2v) is 13.2. The van der Waals surface area contributed by atoms with E-state index in [-0.39, 0.29) is 16.5 Å². The van der Waals surface area contributed by atoms with Crippen LogP contribution in [-0.4, -0.2) is 57.8 Å². The third-order valence-electron chi connectivity index (χ3n) is 7.99. The van der Waals surface area contributed by atoms with Crippen molar-refractivity contribution in [2.45, 2.75) is 58.7 Å². The Bertz CT molecular complexity index is 2140. The molecule has 54 heavy (non-hydrogen) atoms. The number of imide groups is 1. The molecule has 6 rings (SSSR count). The number of hydrogen-bond donors (Lipinski definition) is 2. The quantitative estimate of drug-likeness (QED) is 0.125. The van der Waals surface area contributed by atoms with E-state index in [1.54, 1.807) is 55.6 Å². The zero-order valence-electron chi connectivity index (χ0n) is 29.2. The van der Waals surface area contributed by atoms with E-state index in [1.807, 2.05) is 6.92 Å². The number of terminal acetylenes is 1. The van der Waals surface area contributed by atoms with Crippen LogP contribution in [0, 0.1) is 25.1 Å². The molecular formula is C39H34Cl3FN2O9. The Kier molecular flexibility index (Phi) is 14.3. The van der Waals surface area contributed by atoms with E-state index >= 15 is 0 Å². The van der Waals surface area contributed by atoms with Gasteiger partial charge in [-0.1, -0.05) is 40.7 Å². The summed E-state index contributed by atoms with van der Waals surface area (Å²) in [4.78, 5) is 51.0. The van der Waals surface area contributed by atoms with Crippen molar-refractivity contribution in [2.24, 2.45) is 0 Å². The van der Waals surface area contributed by atoms with Gasteiger partial charge < -0.3 is 24.4 Å². The van der Waals surface area contributed by atoms with Crippen LogP contribution < -0.4 is 19.1 Å². The van der Waals surface area contributed by atoms with E-state index in [0.29, 0.717) is 51.0 Å². The molecule has 2 unspecified atom stereocenters. The van der Waals surface area contributed by atoms with Crippen LogP contribution in [0.3, 0.4) is 0 Å². The van der Waals surface area contributed by atoms with Crippen molar-refractivity contribution >= 4 is 75.1 Å². The molecule has 2 N–H and O–H groups in total. The number of hydrogen-bond acceptors (Lipinski definition) is 8. The number of aliphatic carboxylic acids is 2. The number of amides is 2. The average Bonchev–Trinajstić information content (AvgIpc) is 3.39. The molecule has 15 heteroatoms. The van der Waals surface area contributed by atoms with Crippen molar-refractivity contribution in [1.29, 1.82) is 0 Å². The van der Waals surface area contributed by atoms with E-state index in [4.69, 9.17) is 65.6 Å². The molecular weight excluding hydrogens is 766 g/mol. The molecule has 0 spiro atoms. The zero-order valence-corrected chi connectivity index (χ0v) is 31.5. The first-order chi connectivity index (χ1) is 25.6. The molecule has 0 radical (unpaired) electrons. The summed E-state index contributed by atoms with van der Waals surface area (Å²) in [5, 5.41) is 19.1. The SMILES string of the molecule is C#CC(C)Oc1cc(N2C(=O)C3=C(CCCC3)C2=O)c(F)cc1Cl.Cc1cc(Cl)ccc1OC(C)C(=O)O.O=C(O)COc1ccc(Cl)c2cccnc12. The van der Waals surface area contributed by atoms with Gasteiger partial charge in [0, 0.05) is 33.8 Å².